The molecule has 0 bridgehead atoms. The van der Waals surface area contributed by atoms with Crippen molar-refractivity contribution in [3.8, 4) is 35.0 Å². The van der Waals surface area contributed by atoms with Gasteiger partial charge in [-0.05, 0) is 63.1 Å². The van der Waals surface area contributed by atoms with E-state index in [9.17, 15) is 5.11 Å². The minimum atomic E-state index is -0.757. The van der Waals surface area contributed by atoms with Crippen molar-refractivity contribution in [1.29, 1.82) is 0 Å². The van der Waals surface area contributed by atoms with Crippen LogP contribution >= 0.6 is 0 Å². The Balaban J connectivity index is 1.53. The molecule has 0 radical (unpaired) electrons. The first kappa shape index (κ1) is 27.5. The van der Waals surface area contributed by atoms with Gasteiger partial charge in [0.05, 0.1) is 18.6 Å². The smallest absolute Gasteiger partial charge is 0.119 e. The quantitative estimate of drug-likeness (QED) is 0.158. The third-order valence-corrected chi connectivity index (χ3v) is 7.14. The maximum Gasteiger partial charge on any atom is 0.119 e. The minimum absolute atomic E-state index is 0.0811. The molecule has 4 heteroatoms. The van der Waals surface area contributed by atoms with Gasteiger partial charge >= 0.3 is 0 Å². The highest BCUT2D eigenvalue weighted by Crippen LogP contribution is 2.56. The summed E-state index contributed by atoms with van der Waals surface area (Å²) in [6.45, 7) is 7.58. The number of terminal acetylenes is 1. The molecule has 4 aromatic carbocycles. The first-order chi connectivity index (χ1) is 19.3. The van der Waals surface area contributed by atoms with E-state index in [-0.39, 0.29) is 25.2 Å². The van der Waals surface area contributed by atoms with Gasteiger partial charge in [0.15, 0.2) is 0 Å². The zero-order valence-corrected chi connectivity index (χ0v) is 23.4. The van der Waals surface area contributed by atoms with Gasteiger partial charge in [0, 0.05) is 0 Å². The minimum Gasteiger partial charge on any atom is -0.493 e. The number of aliphatic hydroxyl groups excluding tert-OH is 1. The zero-order chi connectivity index (χ0) is 28.2. The molecule has 0 fully saturated rings. The fourth-order valence-corrected chi connectivity index (χ4v) is 5.42. The van der Waals surface area contributed by atoms with E-state index in [1.165, 1.54) is 27.8 Å². The molecule has 40 heavy (non-hydrogen) atoms. The lowest BCUT2D eigenvalue weighted by molar-refractivity contribution is 0.0229. The van der Waals surface area contributed by atoms with Crippen molar-refractivity contribution in [3.05, 3.63) is 119 Å². The maximum absolute atomic E-state index is 10.1. The van der Waals surface area contributed by atoms with Crippen molar-refractivity contribution >= 4 is 0 Å². The van der Waals surface area contributed by atoms with Gasteiger partial charge in [0.25, 0.3) is 0 Å². The molecule has 1 atom stereocenters. The van der Waals surface area contributed by atoms with Gasteiger partial charge < -0.3 is 19.3 Å². The molecule has 1 aliphatic carbocycles. The summed E-state index contributed by atoms with van der Waals surface area (Å²) >= 11 is 0. The Morgan fingerprint density at radius 2 is 1.23 bits per heavy atom. The Kier molecular flexibility index (Phi) is 7.98. The highest BCUT2D eigenvalue weighted by Gasteiger charge is 2.45. The summed E-state index contributed by atoms with van der Waals surface area (Å²) in [5.41, 5.74) is 6.85. The van der Waals surface area contributed by atoms with Gasteiger partial charge in [-0.15, -0.1) is 6.42 Å². The number of fused-ring (bicyclic) bond motifs is 3. The molecule has 4 nitrogen and oxygen atoms in total. The molecule has 0 saturated heterocycles. The van der Waals surface area contributed by atoms with E-state index in [2.05, 4.69) is 112 Å². The molecule has 5 rings (SSSR count). The number of aliphatic hydroxyl groups is 1. The van der Waals surface area contributed by atoms with Crippen molar-refractivity contribution in [2.24, 2.45) is 5.41 Å². The topological polar surface area (TPSA) is 47.9 Å². The Labute approximate surface area is 237 Å². The molecule has 0 aromatic heterocycles. The van der Waals surface area contributed by atoms with Gasteiger partial charge in [0.2, 0.25) is 0 Å². The summed E-state index contributed by atoms with van der Waals surface area (Å²) in [7, 11) is 0. The average molecular weight is 533 g/mol. The molecular weight excluding hydrogens is 496 g/mol. The van der Waals surface area contributed by atoms with Crippen molar-refractivity contribution in [2.45, 2.75) is 32.3 Å². The van der Waals surface area contributed by atoms with Crippen LogP contribution in [0.2, 0.25) is 0 Å². The highest BCUT2D eigenvalue weighted by atomic mass is 16.5. The first-order valence-electron chi connectivity index (χ1n) is 13.7. The number of hydrogen-bond donors (Lipinski definition) is 1. The zero-order valence-electron chi connectivity index (χ0n) is 23.4. The van der Waals surface area contributed by atoms with E-state index >= 15 is 0 Å². The fraction of sp³-hybridized carbons (Fsp3) is 0.278. The summed E-state index contributed by atoms with van der Waals surface area (Å²) in [5.74, 6) is 3.94. The number of benzene rings is 4. The molecule has 1 N–H and O–H groups in total. The van der Waals surface area contributed by atoms with Crippen LogP contribution in [0.3, 0.4) is 0 Å². The van der Waals surface area contributed by atoms with Gasteiger partial charge in [-0.1, -0.05) is 99.5 Å². The Bertz CT molecular complexity index is 1430. The van der Waals surface area contributed by atoms with Crippen molar-refractivity contribution < 1.29 is 19.3 Å². The van der Waals surface area contributed by atoms with Crippen LogP contribution in [-0.2, 0) is 10.2 Å². The predicted molar refractivity (Wildman–Crippen MR) is 160 cm³/mol. The molecule has 1 unspecified atom stereocenters. The summed E-state index contributed by atoms with van der Waals surface area (Å²) in [4.78, 5) is 0. The van der Waals surface area contributed by atoms with Crippen LogP contribution in [0.25, 0.3) is 11.1 Å². The Hall–Kier alpha value is -4.04. The first-order valence-corrected chi connectivity index (χ1v) is 13.7. The third-order valence-electron chi connectivity index (χ3n) is 7.14. The van der Waals surface area contributed by atoms with Gasteiger partial charge in [-0.2, -0.15) is 0 Å². The van der Waals surface area contributed by atoms with Gasteiger partial charge in [0.1, 0.15) is 30.8 Å². The van der Waals surface area contributed by atoms with E-state index in [4.69, 9.17) is 20.6 Å². The van der Waals surface area contributed by atoms with E-state index < -0.39 is 11.5 Å². The molecule has 204 valence electrons. The van der Waals surface area contributed by atoms with Gasteiger partial charge in [-0.25, -0.2) is 0 Å². The van der Waals surface area contributed by atoms with E-state index in [0.29, 0.717) is 12.4 Å². The van der Waals surface area contributed by atoms with Crippen molar-refractivity contribution in [2.75, 3.05) is 26.4 Å². The summed E-state index contributed by atoms with van der Waals surface area (Å²) < 4.78 is 17.2. The molecule has 0 heterocycles. The number of ether oxygens (including phenoxy) is 3. The van der Waals surface area contributed by atoms with Crippen LogP contribution in [0.15, 0.2) is 97.1 Å². The summed E-state index contributed by atoms with van der Waals surface area (Å²) in [5, 5.41) is 10.1. The van der Waals surface area contributed by atoms with Crippen LogP contribution in [0.1, 0.15) is 43.0 Å². The second-order valence-corrected chi connectivity index (χ2v) is 11.4. The molecule has 4 aromatic rings. The molecular formula is C36H36O4. The lowest BCUT2D eigenvalue weighted by Crippen LogP contribution is -2.28. The molecule has 0 spiro atoms. The van der Waals surface area contributed by atoms with Crippen LogP contribution in [-0.4, -0.2) is 37.6 Å². The van der Waals surface area contributed by atoms with Crippen LogP contribution < -0.4 is 9.47 Å². The monoisotopic (exact) mass is 532 g/mol. The van der Waals surface area contributed by atoms with Crippen molar-refractivity contribution in [3.63, 3.8) is 0 Å². The number of rotatable bonds is 10. The highest BCUT2D eigenvalue weighted by molar-refractivity contribution is 5.86. The molecule has 0 amide bonds. The molecule has 1 aliphatic rings. The van der Waals surface area contributed by atoms with Gasteiger partial charge in [-0.3, -0.25) is 0 Å². The standard InChI is InChI=1S/C36H36O4/c1-5-22-38-23-28(37)24-39-29-18-14-26(15-19-29)36(27-16-20-30(21-17-27)40-25-35(2,3)4)33-12-8-6-10-31(33)32-11-7-9-13-34(32)36/h1,6-21,28,37H,22-25H2,2-4H3. The molecule has 0 saturated carbocycles. The van der Waals surface area contributed by atoms with Crippen molar-refractivity contribution in [1.82, 2.24) is 0 Å². The second-order valence-electron chi connectivity index (χ2n) is 11.4. The fourth-order valence-electron chi connectivity index (χ4n) is 5.42. The predicted octanol–water partition coefficient (Wildman–Crippen LogP) is 6.86. The van der Waals surface area contributed by atoms with Crippen LogP contribution in [0, 0.1) is 17.8 Å². The Morgan fingerprint density at radius 3 is 1.73 bits per heavy atom. The SMILES string of the molecule is C#CCOCC(O)COc1ccc(C2(c3ccc(OCC(C)(C)C)cc3)c3ccccc3-c3ccccc32)cc1. The van der Waals surface area contributed by atoms with E-state index in [0.717, 1.165) is 11.3 Å². The maximum atomic E-state index is 10.1. The number of hydrogen-bond acceptors (Lipinski definition) is 4. The normalized spacial score (nSPS) is 14.1. The Morgan fingerprint density at radius 1 is 0.725 bits per heavy atom. The summed E-state index contributed by atoms with van der Waals surface area (Å²) in [6.07, 6.45) is 4.44. The lowest BCUT2D eigenvalue weighted by Gasteiger charge is -2.34. The van der Waals surface area contributed by atoms with E-state index in [1.807, 2.05) is 12.1 Å². The van der Waals surface area contributed by atoms with E-state index in [1.54, 1.807) is 0 Å². The lowest BCUT2D eigenvalue weighted by atomic mass is 9.68. The summed E-state index contributed by atoms with van der Waals surface area (Å²) in [6, 6.07) is 34.0. The second kappa shape index (κ2) is 11.6. The van der Waals surface area contributed by atoms with Crippen LogP contribution in [0.4, 0.5) is 0 Å². The van der Waals surface area contributed by atoms with Crippen LogP contribution in [0.5, 0.6) is 11.5 Å². The molecule has 0 aliphatic heterocycles. The largest absolute Gasteiger partial charge is 0.493 e. The third kappa shape index (κ3) is 5.49. The average Bonchev–Trinajstić information content (AvgIpc) is 3.27.